The monoisotopic (exact) mass is 1460 g/mol. The molecule has 100 heavy (non-hydrogen) atoms. The van der Waals surface area contributed by atoms with Crippen LogP contribution in [0, 0.1) is 0 Å². The fourth-order valence-electron chi connectivity index (χ4n) is 15.5. The third-order valence-electron chi connectivity index (χ3n) is 21.7. The van der Waals surface area contributed by atoms with Crippen molar-refractivity contribution < 1.29 is 9.15 Å². The number of piperazine rings is 1. The van der Waals surface area contributed by atoms with Gasteiger partial charge >= 0.3 is 11.9 Å². The van der Waals surface area contributed by atoms with E-state index in [0.29, 0.717) is 0 Å². The second-order valence-electron chi connectivity index (χ2n) is 38.2. The van der Waals surface area contributed by atoms with E-state index in [4.69, 9.17) is 0 Å². The number of nitrogens with zero attached hydrogens (tertiary/aromatic N) is 6. The van der Waals surface area contributed by atoms with Crippen LogP contribution in [0.4, 0.5) is 0 Å². The van der Waals surface area contributed by atoms with Crippen molar-refractivity contribution >= 4 is 118 Å². The smallest absolute Gasteiger partial charge is 0.258 e. The first-order valence-corrected chi connectivity index (χ1v) is 65.7. The van der Waals surface area contributed by atoms with Gasteiger partial charge in [-0.25, -0.2) is 19.6 Å². The summed E-state index contributed by atoms with van der Waals surface area (Å²) >= 11 is 0. The average molecular weight is 1470 g/mol. The van der Waals surface area contributed by atoms with Gasteiger partial charge in [0.1, 0.15) is 24.2 Å². The lowest BCUT2D eigenvalue weighted by Gasteiger charge is -2.30. The standard InChI is InChI=1S/C86H124N6Si8/c1-93(2,3)73-49-65(50-74(57-73)94(4,5)6)61-89-81(69-37-29-25-30-38-69)82(70-39-31-26-32-40-70)90(62-66-51-75(95(7,8)9)58-76(52-66)96(10,11)12)85(89)87-45-47-88(48-46-87)86-91(63-67-53-77(97(13,14)15)59-78(54-67)98(16,17)18)83(71-41-33-27-34-42-71)84(72-43-35-28-36-44-72)92(86)64-68-55-79(99(19,20)21)60-80(56-68)100(22,23)24/h25-44,49-60,81-84H,45-48,61-64H2,1-24H3/q+2/t81-,82-,83-,84-/m0/s1. The summed E-state index contributed by atoms with van der Waals surface area (Å²) in [5.74, 6) is 2.75. The molecule has 0 aromatic heterocycles. The Kier molecular flexibility index (Phi) is 21.5. The van der Waals surface area contributed by atoms with Gasteiger partial charge in [-0.1, -0.05) is 393 Å². The van der Waals surface area contributed by atoms with E-state index in [-0.39, 0.29) is 24.2 Å². The lowest BCUT2D eigenvalue weighted by molar-refractivity contribution is -0.671. The third-order valence-corrected chi connectivity index (χ3v) is 37.9. The van der Waals surface area contributed by atoms with E-state index in [2.05, 4.69) is 380 Å². The highest BCUT2D eigenvalue weighted by atomic mass is 28.3. The molecule has 3 fully saturated rings. The molecular formula is C86H124N6Si8+2. The van der Waals surface area contributed by atoms with Crippen LogP contribution in [0.3, 0.4) is 0 Å². The Morgan fingerprint density at radius 3 is 0.520 bits per heavy atom. The van der Waals surface area contributed by atoms with Gasteiger partial charge in [0.2, 0.25) is 0 Å². The highest BCUT2D eigenvalue weighted by molar-refractivity contribution is 6.94. The number of guanidine groups is 2. The predicted octanol–water partition coefficient (Wildman–Crippen LogP) is 16.1. The third kappa shape index (κ3) is 17.0. The predicted molar refractivity (Wildman–Crippen MR) is 459 cm³/mol. The molecular weight excluding hydrogens is 1340 g/mol. The topological polar surface area (TPSA) is 19.0 Å². The largest absolute Gasteiger partial charge is 0.352 e. The first-order valence-electron chi connectivity index (χ1n) is 37.7. The van der Waals surface area contributed by atoms with E-state index in [1.165, 1.54) is 56.4 Å². The number of rotatable bonds is 20. The van der Waals surface area contributed by atoms with Crippen molar-refractivity contribution in [2.75, 3.05) is 26.2 Å². The van der Waals surface area contributed by atoms with E-state index in [9.17, 15) is 0 Å². The van der Waals surface area contributed by atoms with E-state index in [1.807, 2.05) is 0 Å². The molecule has 0 bridgehead atoms. The van der Waals surface area contributed by atoms with E-state index in [0.717, 1.165) is 52.4 Å². The van der Waals surface area contributed by atoms with Gasteiger partial charge in [-0.2, -0.15) is 0 Å². The Morgan fingerprint density at radius 1 is 0.230 bits per heavy atom. The van der Waals surface area contributed by atoms with Crippen LogP contribution < -0.4 is 41.5 Å². The number of hydrogen-bond donors (Lipinski definition) is 0. The van der Waals surface area contributed by atoms with Crippen molar-refractivity contribution in [1.82, 2.24) is 19.6 Å². The summed E-state index contributed by atoms with van der Waals surface area (Å²) in [6.07, 6.45) is 0. The molecule has 8 aromatic rings. The first kappa shape index (κ1) is 75.2. The molecule has 0 spiro atoms. The van der Waals surface area contributed by atoms with Gasteiger partial charge in [-0.15, -0.1) is 0 Å². The average Bonchev–Trinajstić information content (AvgIpc) is 1.58. The summed E-state index contributed by atoms with van der Waals surface area (Å²) in [6.45, 7) is 68.0. The maximum absolute atomic E-state index is 2.93. The minimum atomic E-state index is -1.74. The molecule has 3 heterocycles. The molecule has 8 aromatic carbocycles. The first-order chi connectivity index (χ1) is 46.6. The van der Waals surface area contributed by atoms with Gasteiger partial charge in [-0.3, -0.25) is 9.15 Å². The zero-order valence-electron chi connectivity index (χ0n) is 66.1. The fraction of sp³-hybridized carbons (Fsp3) is 0.419. The number of benzene rings is 8. The Morgan fingerprint density at radius 2 is 0.380 bits per heavy atom. The second-order valence-corrected chi connectivity index (χ2v) is 78.8. The van der Waals surface area contributed by atoms with Crippen LogP contribution in [-0.2, 0) is 26.2 Å². The number of hydrogen-bond acceptors (Lipinski definition) is 0. The van der Waals surface area contributed by atoms with Gasteiger partial charge in [0, 0.05) is 0 Å². The Hall–Kier alpha value is -5.96. The lowest BCUT2D eigenvalue weighted by Crippen LogP contribution is -2.52. The quantitative estimate of drug-likeness (QED) is 0.0559. The van der Waals surface area contributed by atoms with E-state index in [1.54, 1.807) is 41.5 Å². The van der Waals surface area contributed by atoms with Crippen molar-refractivity contribution in [3.05, 3.63) is 239 Å². The van der Waals surface area contributed by atoms with Crippen molar-refractivity contribution in [1.29, 1.82) is 0 Å². The van der Waals surface area contributed by atoms with Gasteiger partial charge in [0.15, 0.2) is 0 Å². The Labute approximate surface area is 614 Å². The molecule has 3 saturated heterocycles. The summed E-state index contributed by atoms with van der Waals surface area (Å²) in [7, 11) is -13.9. The van der Waals surface area contributed by atoms with Crippen LogP contribution in [0.25, 0.3) is 0 Å². The molecule has 528 valence electrons. The maximum atomic E-state index is 2.93. The van der Waals surface area contributed by atoms with Crippen molar-refractivity contribution in [2.24, 2.45) is 0 Å². The minimum absolute atomic E-state index is 0.0357. The zero-order chi connectivity index (χ0) is 72.5. The molecule has 0 amide bonds. The molecule has 3 aliphatic heterocycles. The molecule has 14 heteroatoms. The minimum Gasteiger partial charge on any atom is -0.258 e. The molecule has 0 aliphatic carbocycles. The highest BCUT2D eigenvalue weighted by Gasteiger charge is 2.56. The molecule has 0 N–H and O–H groups in total. The Balaban J connectivity index is 1.20. The van der Waals surface area contributed by atoms with Crippen LogP contribution >= 0.6 is 0 Å². The van der Waals surface area contributed by atoms with Gasteiger partial charge < -0.3 is 0 Å². The summed E-state index contributed by atoms with van der Waals surface area (Å²) in [4.78, 5) is 11.7. The molecule has 0 saturated carbocycles. The van der Waals surface area contributed by atoms with Crippen LogP contribution in [0.15, 0.2) is 194 Å². The van der Waals surface area contributed by atoms with E-state index < -0.39 is 64.6 Å². The molecule has 11 rings (SSSR count). The van der Waals surface area contributed by atoms with Crippen LogP contribution in [-0.4, -0.2) is 131 Å². The van der Waals surface area contributed by atoms with Crippen molar-refractivity contribution in [2.45, 2.75) is 207 Å². The summed E-state index contributed by atoms with van der Waals surface area (Å²) in [5, 5.41) is 12.6. The lowest BCUT2D eigenvalue weighted by atomic mass is 9.92. The maximum Gasteiger partial charge on any atom is 0.352 e. The molecule has 6 nitrogen and oxygen atoms in total. The zero-order valence-corrected chi connectivity index (χ0v) is 74.1. The van der Waals surface area contributed by atoms with Crippen LogP contribution in [0.2, 0.25) is 157 Å². The van der Waals surface area contributed by atoms with Crippen molar-refractivity contribution in [3.63, 3.8) is 0 Å². The SMILES string of the molecule is C[Si](C)(C)c1cc(CN2C(=[N+]3CC[N+](=C4N(Cc5cc([Si](C)(C)C)cc([Si](C)(C)C)c5)[C@@H](c5ccccc5)[C@H](c5ccccc5)N4Cc4cc([Si](C)(C)C)cc([Si](C)(C)C)c4)CC3)N(Cc3cc([Si](C)(C)C)cc([Si](C)(C)C)c3)[C@@H](c3ccccc3)[C@@H]2c2ccccc2)cc([Si](C)(C)C)c1. The summed E-state index contributed by atoms with van der Waals surface area (Å²) < 4.78 is 5.78. The normalized spacial score (nSPS) is 18.6. The Bertz CT molecular complexity index is 3600. The summed E-state index contributed by atoms with van der Waals surface area (Å²) in [5.41, 5.74) is 11.3. The van der Waals surface area contributed by atoms with Crippen LogP contribution in [0.1, 0.15) is 68.7 Å². The van der Waals surface area contributed by atoms with E-state index >= 15 is 0 Å². The molecule has 3 aliphatic rings. The molecule has 4 atom stereocenters. The molecule has 0 unspecified atom stereocenters. The summed E-state index contributed by atoms with van der Waals surface area (Å²) in [6, 6.07) is 78.7. The van der Waals surface area contributed by atoms with Crippen molar-refractivity contribution in [3.8, 4) is 0 Å². The second kappa shape index (κ2) is 28.6. The van der Waals surface area contributed by atoms with Gasteiger partial charge in [0.25, 0.3) is 0 Å². The fourth-order valence-corrected chi connectivity index (χ4v) is 25.7. The molecule has 0 radical (unpaired) electrons. The van der Waals surface area contributed by atoms with Crippen LogP contribution in [0.5, 0.6) is 0 Å². The van der Waals surface area contributed by atoms with Gasteiger partial charge in [-0.05, 0) is 44.5 Å². The highest BCUT2D eigenvalue weighted by Crippen LogP contribution is 2.49. The van der Waals surface area contributed by atoms with Gasteiger partial charge in [0.05, 0.1) is 117 Å².